The lowest BCUT2D eigenvalue weighted by molar-refractivity contribution is -0.120. The number of nitrogens with one attached hydrogen (secondary N) is 1. The maximum absolute atomic E-state index is 11.6. The van der Waals surface area contributed by atoms with E-state index in [1.165, 1.54) is 0 Å². The summed E-state index contributed by atoms with van der Waals surface area (Å²) in [7, 11) is 0. The van der Waals surface area contributed by atoms with Crippen molar-refractivity contribution >= 4 is 44.8 Å². The molecule has 0 saturated heterocycles. The molecule has 0 aliphatic carbocycles. The van der Waals surface area contributed by atoms with Crippen LogP contribution in [0.3, 0.4) is 0 Å². The first kappa shape index (κ1) is 14.5. The van der Waals surface area contributed by atoms with Gasteiger partial charge in [-0.3, -0.25) is 10.1 Å². The largest absolute Gasteiger partial charge is 0.368 e. The number of thiophene rings is 1. The van der Waals surface area contributed by atoms with Crippen LogP contribution in [0.2, 0.25) is 5.02 Å². The number of amides is 1. The van der Waals surface area contributed by atoms with Gasteiger partial charge in [0.2, 0.25) is 5.91 Å². The van der Waals surface area contributed by atoms with Gasteiger partial charge in [-0.2, -0.15) is 0 Å². The van der Waals surface area contributed by atoms with Gasteiger partial charge in [-0.1, -0.05) is 39.7 Å². The Morgan fingerprint density at radius 1 is 1.47 bits per heavy atom. The third-order valence-electron chi connectivity index (χ3n) is 2.62. The molecule has 1 aromatic carbocycles. The van der Waals surface area contributed by atoms with Crippen LogP contribution in [-0.4, -0.2) is 5.91 Å². The number of hydrogen-bond acceptors (Lipinski definition) is 3. The number of hydrogen-bond donors (Lipinski definition) is 2. The van der Waals surface area contributed by atoms with Gasteiger partial charge in [0, 0.05) is 20.9 Å². The maximum atomic E-state index is 11.6. The lowest BCUT2D eigenvalue weighted by atomic mass is 10.1. The monoisotopic (exact) mass is 358 g/mol. The van der Waals surface area contributed by atoms with Crippen molar-refractivity contribution < 1.29 is 4.79 Å². The minimum absolute atomic E-state index is 0.444. The van der Waals surface area contributed by atoms with Crippen LogP contribution >= 0.6 is 38.9 Å². The Hall–Kier alpha value is -0.880. The molecule has 3 N–H and O–H groups in total. The molecule has 1 aromatic heterocycles. The summed E-state index contributed by atoms with van der Waals surface area (Å²) in [4.78, 5) is 12.7. The summed E-state index contributed by atoms with van der Waals surface area (Å²) >= 11 is 11.1. The number of halogens is 2. The van der Waals surface area contributed by atoms with E-state index in [0.717, 1.165) is 9.35 Å². The van der Waals surface area contributed by atoms with Crippen LogP contribution in [0.4, 0.5) is 0 Å². The van der Waals surface area contributed by atoms with E-state index in [1.807, 2.05) is 23.6 Å². The number of rotatable bonds is 5. The summed E-state index contributed by atoms with van der Waals surface area (Å²) in [6.45, 7) is 0.581. The van der Waals surface area contributed by atoms with Gasteiger partial charge in [-0.25, -0.2) is 0 Å². The molecule has 2 aromatic rings. The van der Waals surface area contributed by atoms with E-state index >= 15 is 0 Å². The zero-order valence-corrected chi connectivity index (χ0v) is 13.1. The average molecular weight is 360 g/mol. The van der Waals surface area contributed by atoms with Crippen molar-refractivity contribution in [2.45, 2.75) is 12.6 Å². The third kappa shape index (κ3) is 3.79. The van der Waals surface area contributed by atoms with Crippen molar-refractivity contribution in [1.82, 2.24) is 5.32 Å². The van der Waals surface area contributed by atoms with Crippen molar-refractivity contribution in [2.24, 2.45) is 5.73 Å². The molecule has 1 amide bonds. The minimum atomic E-state index is -0.595. The molecule has 3 nitrogen and oxygen atoms in total. The van der Waals surface area contributed by atoms with Crippen molar-refractivity contribution in [3.63, 3.8) is 0 Å². The fourth-order valence-electron chi connectivity index (χ4n) is 1.72. The molecular formula is C13H12BrClN2OS. The zero-order valence-electron chi connectivity index (χ0n) is 9.90. The van der Waals surface area contributed by atoms with E-state index in [4.69, 9.17) is 17.3 Å². The van der Waals surface area contributed by atoms with Gasteiger partial charge < -0.3 is 5.73 Å². The second-order valence-electron chi connectivity index (χ2n) is 3.96. The number of carbonyl (C=O) groups is 1. The predicted molar refractivity (Wildman–Crippen MR) is 82.2 cm³/mol. The molecule has 0 fully saturated rings. The highest BCUT2D eigenvalue weighted by molar-refractivity contribution is 9.10. The standard InChI is InChI=1S/C13H12BrClN2OS/c14-8-3-4-10(11(15)6-8)12(13(16)18)17-7-9-2-1-5-19-9/h1-6,12,17H,7H2,(H2,16,18). The first-order chi connectivity index (χ1) is 9.08. The Labute approximate surface area is 128 Å². The molecule has 2 rings (SSSR count). The van der Waals surface area contributed by atoms with Crippen LogP contribution in [0, 0.1) is 0 Å². The van der Waals surface area contributed by atoms with Crippen LogP contribution in [-0.2, 0) is 11.3 Å². The van der Waals surface area contributed by atoms with Gasteiger partial charge in [-0.05, 0) is 29.1 Å². The van der Waals surface area contributed by atoms with E-state index in [2.05, 4.69) is 21.2 Å². The highest BCUT2D eigenvalue weighted by Crippen LogP contribution is 2.27. The van der Waals surface area contributed by atoms with Gasteiger partial charge >= 0.3 is 0 Å². The molecule has 1 unspecified atom stereocenters. The van der Waals surface area contributed by atoms with E-state index in [9.17, 15) is 4.79 Å². The Morgan fingerprint density at radius 2 is 2.26 bits per heavy atom. The summed E-state index contributed by atoms with van der Waals surface area (Å²) in [5.41, 5.74) is 6.14. The van der Waals surface area contributed by atoms with Gasteiger partial charge in [0.25, 0.3) is 0 Å². The summed E-state index contributed by atoms with van der Waals surface area (Å²) in [5, 5.41) is 5.63. The van der Waals surface area contributed by atoms with Crippen molar-refractivity contribution in [1.29, 1.82) is 0 Å². The van der Waals surface area contributed by atoms with E-state index in [0.29, 0.717) is 17.1 Å². The Morgan fingerprint density at radius 3 is 2.84 bits per heavy atom. The van der Waals surface area contributed by atoms with Gasteiger partial charge in [-0.15, -0.1) is 11.3 Å². The van der Waals surface area contributed by atoms with Gasteiger partial charge in [0.15, 0.2) is 0 Å². The summed E-state index contributed by atoms with van der Waals surface area (Å²) in [6, 6.07) is 8.75. The fraction of sp³-hybridized carbons (Fsp3) is 0.154. The van der Waals surface area contributed by atoms with Crippen LogP contribution in [0.25, 0.3) is 0 Å². The van der Waals surface area contributed by atoms with Crippen molar-refractivity contribution in [3.8, 4) is 0 Å². The van der Waals surface area contributed by atoms with Crippen LogP contribution in [0.5, 0.6) is 0 Å². The van der Waals surface area contributed by atoms with Crippen molar-refractivity contribution in [2.75, 3.05) is 0 Å². The van der Waals surface area contributed by atoms with E-state index in [-0.39, 0.29) is 0 Å². The first-order valence-electron chi connectivity index (χ1n) is 5.58. The SMILES string of the molecule is NC(=O)C(NCc1cccs1)c1ccc(Br)cc1Cl. The Bertz CT molecular complexity index is 574. The van der Waals surface area contributed by atoms with Crippen LogP contribution < -0.4 is 11.1 Å². The smallest absolute Gasteiger partial charge is 0.239 e. The average Bonchev–Trinajstić information content (AvgIpc) is 2.84. The third-order valence-corrected chi connectivity index (χ3v) is 4.32. The predicted octanol–water partition coefficient (Wildman–Crippen LogP) is 3.48. The Kier molecular flexibility index (Phi) is 4.99. The highest BCUT2D eigenvalue weighted by atomic mass is 79.9. The second kappa shape index (κ2) is 6.52. The number of primary amides is 1. The summed E-state index contributed by atoms with van der Waals surface area (Å²) < 4.78 is 0.864. The molecule has 1 heterocycles. The summed E-state index contributed by atoms with van der Waals surface area (Å²) in [6.07, 6.45) is 0. The normalized spacial score (nSPS) is 12.3. The highest BCUT2D eigenvalue weighted by Gasteiger charge is 2.20. The molecule has 1 atom stereocenters. The molecule has 0 spiro atoms. The molecule has 0 aliphatic rings. The molecule has 100 valence electrons. The summed E-state index contributed by atoms with van der Waals surface area (Å²) in [5.74, 6) is -0.444. The zero-order chi connectivity index (χ0) is 13.8. The molecule has 19 heavy (non-hydrogen) atoms. The minimum Gasteiger partial charge on any atom is -0.368 e. The van der Waals surface area contributed by atoms with E-state index in [1.54, 1.807) is 23.5 Å². The Balaban J connectivity index is 2.17. The lowest BCUT2D eigenvalue weighted by Crippen LogP contribution is -2.33. The molecule has 0 aliphatic heterocycles. The molecule has 0 bridgehead atoms. The van der Waals surface area contributed by atoms with E-state index < -0.39 is 11.9 Å². The lowest BCUT2D eigenvalue weighted by Gasteiger charge is -2.17. The molecule has 0 saturated carbocycles. The second-order valence-corrected chi connectivity index (χ2v) is 6.32. The first-order valence-corrected chi connectivity index (χ1v) is 7.63. The quantitative estimate of drug-likeness (QED) is 0.858. The number of carbonyl (C=O) groups excluding carboxylic acids is 1. The van der Waals surface area contributed by atoms with Gasteiger partial charge in [0.05, 0.1) is 0 Å². The van der Waals surface area contributed by atoms with Crippen LogP contribution in [0.1, 0.15) is 16.5 Å². The molecular weight excluding hydrogens is 348 g/mol. The van der Waals surface area contributed by atoms with Crippen LogP contribution in [0.15, 0.2) is 40.2 Å². The van der Waals surface area contributed by atoms with Crippen molar-refractivity contribution in [3.05, 3.63) is 55.6 Å². The number of nitrogens with two attached hydrogens (primary N) is 1. The maximum Gasteiger partial charge on any atom is 0.239 e. The topological polar surface area (TPSA) is 55.1 Å². The number of benzene rings is 1. The molecule has 0 radical (unpaired) electrons. The molecule has 6 heteroatoms. The van der Waals surface area contributed by atoms with Gasteiger partial charge in [0.1, 0.15) is 6.04 Å². The fourth-order valence-corrected chi connectivity index (χ4v) is 3.15.